The molecular formula is C7H9Cl2NO2S2. The van der Waals surface area contributed by atoms with Crippen molar-refractivity contribution in [3.05, 3.63) is 16.5 Å². The van der Waals surface area contributed by atoms with Crippen molar-refractivity contribution >= 4 is 44.6 Å². The zero-order valence-electron chi connectivity index (χ0n) is 7.33. The second-order valence-electron chi connectivity index (χ2n) is 2.69. The molecular weight excluding hydrogens is 265 g/mol. The first-order valence-electron chi connectivity index (χ1n) is 3.81. The maximum absolute atomic E-state index is 11.5. The fraction of sp³-hybridized carbons (Fsp3) is 0.429. The molecule has 0 aliphatic rings. The minimum atomic E-state index is -3.43. The van der Waals surface area contributed by atoms with Crippen LogP contribution < -0.4 is 4.72 Å². The van der Waals surface area contributed by atoms with Crippen LogP contribution in [0.25, 0.3) is 0 Å². The summed E-state index contributed by atoms with van der Waals surface area (Å²) in [6.07, 6.45) is 0. The molecule has 0 radical (unpaired) electrons. The van der Waals surface area contributed by atoms with Gasteiger partial charge in [-0.3, -0.25) is 0 Å². The Bertz CT molecular complexity index is 400. The molecule has 0 spiro atoms. The van der Waals surface area contributed by atoms with Gasteiger partial charge in [-0.15, -0.1) is 22.9 Å². The fourth-order valence-electron chi connectivity index (χ4n) is 0.738. The summed E-state index contributed by atoms with van der Waals surface area (Å²) in [5.41, 5.74) is 0. The summed E-state index contributed by atoms with van der Waals surface area (Å²) in [7, 11) is -3.43. The summed E-state index contributed by atoms with van der Waals surface area (Å²) < 4.78 is 26.1. The Balaban J connectivity index is 2.76. The van der Waals surface area contributed by atoms with Crippen molar-refractivity contribution in [3.63, 3.8) is 0 Å². The van der Waals surface area contributed by atoms with Gasteiger partial charge >= 0.3 is 0 Å². The summed E-state index contributed by atoms with van der Waals surface area (Å²) in [6.45, 7) is 1.92. The normalized spacial score (nSPS) is 14.2. The number of rotatable bonds is 4. The highest BCUT2D eigenvalue weighted by molar-refractivity contribution is 7.91. The molecule has 0 aliphatic carbocycles. The van der Waals surface area contributed by atoms with Gasteiger partial charge in [-0.05, 0) is 19.1 Å². The van der Waals surface area contributed by atoms with Gasteiger partial charge in [0.25, 0.3) is 0 Å². The van der Waals surface area contributed by atoms with Crippen LogP contribution in [0.5, 0.6) is 0 Å². The predicted octanol–water partition coefficient (Wildman–Crippen LogP) is 2.31. The standard InChI is InChI=1S/C7H9Cl2NO2S2/c1-5(8)4-10-14(11,12)7-3-2-6(9)13-7/h2-3,5,10H,4H2,1H3. The third-order valence-corrected chi connectivity index (χ3v) is 4.67. The Morgan fingerprint density at radius 1 is 1.57 bits per heavy atom. The lowest BCUT2D eigenvalue weighted by Gasteiger charge is -2.05. The summed E-state index contributed by atoms with van der Waals surface area (Å²) in [5.74, 6) is 0. The predicted molar refractivity (Wildman–Crippen MR) is 59.8 cm³/mol. The van der Waals surface area contributed by atoms with Crippen LogP contribution in [-0.4, -0.2) is 20.3 Å². The third kappa shape index (κ3) is 3.40. The van der Waals surface area contributed by atoms with Crippen LogP contribution in [0.1, 0.15) is 6.92 Å². The molecule has 0 saturated heterocycles. The van der Waals surface area contributed by atoms with E-state index >= 15 is 0 Å². The van der Waals surface area contributed by atoms with Gasteiger partial charge in [-0.1, -0.05) is 11.6 Å². The summed E-state index contributed by atoms with van der Waals surface area (Å²) in [5, 5.41) is -0.236. The summed E-state index contributed by atoms with van der Waals surface area (Å²) in [6, 6.07) is 3.01. The Morgan fingerprint density at radius 3 is 2.64 bits per heavy atom. The third-order valence-electron chi connectivity index (χ3n) is 1.37. The highest BCUT2D eigenvalue weighted by atomic mass is 35.5. The molecule has 1 N–H and O–H groups in total. The van der Waals surface area contributed by atoms with Gasteiger partial charge < -0.3 is 0 Å². The van der Waals surface area contributed by atoms with Crippen molar-refractivity contribution < 1.29 is 8.42 Å². The zero-order valence-corrected chi connectivity index (χ0v) is 10.5. The van der Waals surface area contributed by atoms with Crippen molar-refractivity contribution in [3.8, 4) is 0 Å². The topological polar surface area (TPSA) is 46.2 Å². The number of hydrogen-bond donors (Lipinski definition) is 1. The average molecular weight is 274 g/mol. The van der Waals surface area contributed by atoms with E-state index in [1.54, 1.807) is 13.0 Å². The second kappa shape index (κ2) is 4.81. The monoisotopic (exact) mass is 273 g/mol. The molecule has 14 heavy (non-hydrogen) atoms. The Hall–Kier alpha value is 0.190. The second-order valence-corrected chi connectivity index (χ2v) is 7.15. The molecule has 0 bridgehead atoms. The van der Waals surface area contributed by atoms with E-state index in [0.717, 1.165) is 11.3 Å². The van der Waals surface area contributed by atoms with Gasteiger partial charge in [-0.2, -0.15) is 0 Å². The van der Waals surface area contributed by atoms with Gasteiger partial charge in [0.15, 0.2) is 0 Å². The van der Waals surface area contributed by atoms with E-state index in [0.29, 0.717) is 4.34 Å². The van der Waals surface area contributed by atoms with Crippen molar-refractivity contribution in [1.29, 1.82) is 0 Å². The Labute approximate surface area is 97.1 Å². The molecule has 1 unspecified atom stereocenters. The first-order chi connectivity index (χ1) is 6.42. The number of thiophene rings is 1. The number of nitrogens with one attached hydrogen (secondary N) is 1. The van der Waals surface area contributed by atoms with E-state index in [4.69, 9.17) is 23.2 Å². The van der Waals surface area contributed by atoms with Crippen LogP contribution in [-0.2, 0) is 10.0 Å². The first-order valence-corrected chi connectivity index (χ1v) is 6.92. The highest BCUT2D eigenvalue weighted by Gasteiger charge is 2.16. The molecule has 1 heterocycles. The molecule has 0 aromatic carbocycles. The minimum Gasteiger partial charge on any atom is -0.209 e. The van der Waals surface area contributed by atoms with E-state index in [1.807, 2.05) is 0 Å². The number of halogens is 2. The summed E-state index contributed by atoms with van der Waals surface area (Å²) >= 11 is 12.3. The molecule has 0 aliphatic heterocycles. The molecule has 1 rings (SSSR count). The molecule has 0 fully saturated rings. The molecule has 80 valence electrons. The highest BCUT2D eigenvalue weighted by Crippen LogP contribution is 2.25. The number of sulfonamides is 1. The minimum absolute atomic E-state index is 0.208. The molecule has 3 nitrogen and oxygen atoms in total. The lowest BCUT2D eigenvalue weighted by atomic mass is 10.5. The van der Waals surface area contributed by atoms with Gasteiger partial charge in [0.05, 0.1) is 4.34 Å². The van der Waals surface area contributed by atoms with E-state index < -0.39 is 10.0 Å². The quantitative estimate of drug-likeness (QED) is 0.856. The van der Waals surface area contributed by atoms with Crippen molar-refractivity contribution in [2.45, 2.75) is 16.5 Å². The van der Waals surface area contributed by atoms with Crippen LogP contribution in [0, 0.1) is 0 Å². The van der Waals surface area contributed by atoms with Crippen LogP contribution in [0.3, 0.4) is 0 Å². The van der Waals surface area contributed by atoms with Gasteiger partial charge in [0.1, 0.15) is 4.21 Å². The van der Waals surface area contributed by atoms with Gasteiger partial charge in [-0.25, -0.2) is 13.1 Å². The lowest BCUT2D eigenvalue weighted by Crippen LogP contribution is -2.28. The molecule has 1 aromatic rings. The van der Waals surface area contributed by atoms with Crippen LogP contribution in [0.4, 0.5) is 0 Å². The molecule has 1 atom stereocenters. The fourth-order valence-corrected chi connectivity index (χ4v) is 3.56. The smallest absolute Gasteiger partial charge is 0.209 e. The van der Waals surface area contributed by atoms with E-state index in [1.165, 1.54) is 6.07 Å². The van der Waals surface area contributed by atoms with Crippen molar-refractivity contribution in [2.24, 2.45) is 0 Å². The van der Waals surface area contributed by atoms with Crippen molar-refractivity contribution in [2.75, 3.05) is 6.54 Å². The number of alkyl halides is 1. The Kier molecular flexibility index (Phi) is 4.21. The maximum Gasteiger partial charge on any atom is 0.250 e. The molecule has 0 saturated carbocycles. The largest absolute Gasteiger partial charge is 0.250 e. The summed E-state index contributed by atoms with van der Waals surface area (Å²) in [4.78, 5) is 0. The van der Waals surface area contributed by atoms with Gasteiger partial charge in [0, 0.05) is 11.9 Å². The van der Waals surface area contributed by atoms with E-state index in [2.05, 4.69) is 4.72 Å². The first kappa shape index (κ1) is 12.3. The molecule has 7 heteroatoms. The van der Waals surface area contributed by atoms with Crippen LogP contribution in [0.2, 0.25) is 4.34 Å². The molecule has 0 amide bonds. The SMILES string of the molecule is CC(Cl)CNS(=O)(=O)c1ccc(Cl)s1. The van der Waals surface area contributed by atoms with Gasteiger partial charge in [0.2, 0.25) is 10.0 Å². The van der Waals surface area contributed by atoms with Crippen LogP contribution >= 0.6 is 34.5 Å². The van der Waals surface area contributed by atoms with E-state index in [-0.39, 0.29) is 16.1 Å². The lowest BCUT2D eigenvalue weighted by molar-refractivity contribution is 0.583. The van der Waals surface area contributed by atoms with Crippen LogP contribution in [0.15, 0.2) is 16.3 Å². The average Bonchev–Trinajstić information content (AvgIpc) is 2.49. The Morgan fingerprint density at radius 2 is 2.21 bits per heavy atom. The maximum atomic E-state index is 11.5. The van der Waals surface area contributed by atoms with E-state index in [9.17, 15) is 8.42 Å². The number of hydrogen-bond acceptors (Lipinski definition) is 3. The zero-order chi connectivity index (χ0) is 10.8. The molecule has 1 aromatic heterocycles. The van der Waals surface area contributed by atoms with Crippen molar-refractivity contribution in [1.82, 2.24) is 4.72 Å².